The van der Waals surface area contributed by atoms with Crippen LogP contribution in [0, 0.1) is 0 Å². The van der Waals surface area contributed by atoms with Gasteiger partial charge in [0, 0.05) is 0 Å². The summed E-state index contributed by atoms with van der Waals surface area (Å²) in [7, 11) is 0. The maximum absolute atomic E-state index is 11.1. The Balaban J connectivity index is 2.21. The topological polar surface area (TPSA) is 38.3 Å². The van der Waals surface area contributed by atoms with Gasteiger partial charge in [-0.25, -0.2) is 4.79 Å². The normalized spacial score (nSPS) is 25.2. The van der Waals surface area contributed by atoms with Crippen LogP contribution in [-0.4, -0.2) is 12.6 Å². The first-order valence-electron chi connectivity index (χ1n) is 6.12. The average Bonchev–Trinajstić information content (AvgIpc) is 2.70. The minimum atomic E-state index is -0.523. The van der Waals surface area contributed by atoms with Gasteiger partial charge in [-0.15, -0.1) is 0 Å². The fourth-order valence-corrected chi connectivity index (χ4v) is 2.08. The molecule has 1 heterocycles. The van der Waals surface area contributed by atoms with Gasteiger partial charge in [0.2, 0.25) is 0 Å². The maximum atomic E-state index is 11.1. The molecule has 0 aromatic heterocycles. The van der Waals surface area contributed by atoms with Gasteiger partial charge >= 0.3 is 6.09 Å². The van der Waals surface area contributed by atoms with Gasteiger partial charge in [0.05, 0.1) is 6.54 Å². The van der Waals surface area contributed by atoms with Crippen LogP contribution in [0.4, 0.5) is 4.79 Å². The first kappa shape index (κ1) is 12.0. The predicted molar refractivity (Wildman–Crippen MR) is 67.0 cm³/mol. The van der Waals surface area contributed by atoms with E-state index in [2.05, 4.69) is 43.4 Å². The van der Waals surface area contributed by atoms with E-state index in [4.69, 9.17) is 4.74 Å². The zero-order chi connectivity index (χ0) is 12.5. The van der Waals surface area contributed by atoms with E-state index in [1.54, 1.807) is 0 Å². The molecule has 2 rings (SSSR count). The summed E-state index contributed by atoms with van der Waals surface area (Å²) in [4.78, 5) is 11.1. The molecule has 1 aromatic rings. The summed E-state index contributed by atoms with van der Waals surface area (Å²) < 4.78 is 5.31. The fourth-order valence-electron chi connectivity index (χ4n) is 2.08. The van der Waals surface area contributed by atoms with Crippen molar-refractivity contribution in [3.05, 3.63) is 35.4 Å². The number of carbonyl (C=O) groups is 1. The Morgan fingerprint density at radius 1 is 1.41 bits per heavy atom. The Kier molecular flexibility index (Phi) is 3.09. The first-order chi connectivity index (χ1) is 8.05. The molecule has 0 spiro atoms. The van der Waals surface area contributed by atoms with E-state index in [1.807, 2.05) is 6.92 Å². The molecule has 3 nitrogen and oxygen atoms in total. The number of carbonyl (C=O) groups excluding carboxylic acids is 1. The maximum Gasteiger partial charge on any atom is 0.408 e. The summed E-state index contributed by atoms with van der Waals surface area (Å²) in [6, 6.07) is 8.37. The Labute approximate surface area is 102 Å². The summed E-state index contributed by atoms with van der Waals surface area (Å²) in [6.07, 6.45) is 0.797. The highest BCUT2D eigenvalue weighted by atomic mass is 16.6. The number of rotatable bonds is 3. The SMILES string of the molecule is CCC(C)c1ccc(C2(C)CNC(=O)O2)cc1. The lowest BCUT2D eigenvalue weighted by molar-refractivity contribution is 0.0704. The zero-order valence-electron chi connectivity index (χ0n) is 10.6. The van der Waals surface area contributed by atoms with Gasteiger partial charge in [-0.3, -0.25) is 0 Å². The van der Waals surface area contributed by atoms with Crippen molar-refractivity contribution in [2.75, 3.05) is 6.54 Å². The molecule has 0 saturated carbocycles. The smallest absolute Gasteiger partial charge is 0.408 e. The van der Waals surface area contributed by atoms with Crippen LogP contribution < -0.4 is 5.32 Å². The van der Waals surface area contributed by atoms with E-state index in [9.17, 15) is 4.79 Å². The van der Waals surface area contributed by atoms with Crippen LogP contribution in [-0.2, 0) is 10.3 Å². The molecule has 2 unspecified atom stereocenters. The lowest BCUT2D eigenvalue weighted by Crippen LogP contribution is -2.26. The lowest BCUT2D eigenvalue weighted by atomic mass is 9.92. The van der Waals surface area contributed by atoms with Crippen molar-refractivity contribution in [3.8, 4) is 0 Å². The minimum absolute atomic E-state index is 0.335. The van der Waals surface area contributed by atoms with E-state index in [-0.39, 0.29) is 6.09 Å². The molecule has 1 amide bonds. The van der Waals surface area contributed by atoms with Gasteiger partial charge < -0.3 is 10.1 Å². The summed E-state index contributed by atoms with van der Waals surface area (Å²) in [5, 5.41) is 2.70. The van der Waals surface area contributed by atoms with Gasteiger partial charge in [-0.05, 0) is 30.4 Å². The van der Waals surface area contributed by atoms with Crippen LogP contribution in [0.5, 0.6) is 0 Å². The first-order valence-corrected chi connectivity index (χ1v) is 6.12. The number of hydrogen-bond acceptors (Lipinski definition) is 2. The summed E-state index contributed by atoms with van der Waals surface area (Å²) in [6.45, 7) is 6.87. The summed E-state index contributed by atoms with van der Waals surface area (Å²) in [5.74, 6) is 0.570. The molecule has 1 aliphatic heterocycles. The van der Waals surface area contributed by atoms with Crippen LogP contribution in [0.3, 0.4) is 0 Å². The second-order valence-electron chi connectivity index (χ2n) is 4.91. The molecule has 1 fully saturated rings. The second kappa shape index (κ2) is 4.40. The minimum Gasteiger partial charge on any atom is -0.436 e. The molecular formula is C14H19NO2. The van der Waals surface area contributed by atoms with Crippen molar-refractivity contribution < 1.29 is 9.53 Å². The molecule has 1 N–H and O–H groups in total. The molecule has 0 aliphatic carbocycles. The molecule has 92 valence electrons. The summed E-state index contributed by atoms with van der Waals surface area (Å²) >= 11 is 0. The standard InChI is InChI=1S/C14H19NO2/c1-4-10(2)11-5-7-12(8-6-11)14(3)9-15-13(16)17-14/h5-8,10H,4,9H2,1-3H3,(H,15,16). The molecule has 1 saturated heterocycles. The third kappa shape index (κ3) is 2.28. The lowest BCUT2D eigenvalue weighted by Gasteiger charge is -2.22. The number of cyclic esters (lactones) is 1. The number of alkyl carbamates (subject to hydrolysis) is 1. The van der Waals surface area contributed by atoms with E-state index < -0.39 is 5.60 Å². The van der Waals surface area contributed by atoms with Crippen molar-refractivity contribution in [2.45, 2.75) is 38.7 Å². The van der Waals surface area contributed by atoms with E-state index >= 15 is 0 Å². The fraction of sp³-hybridized carbons (Fsp3) is 0.500. The Morgan fingerprint density at radius 3 is 2.53 bits per heavy atom. The average molecular weight is 233 g/mol. The van der Waals surface area contributed by atoms with Crippen molar-refractivity contribution >= 4 is 6.09 Å². The molecule has 3 heteroatoms. The van der Waals surface area contributed by atoms with Crippen LogP contribution in [0.1, 0.15) is 44.2 Å². The number of hydrogen-bond donors (Lipinski definition) is 1. The van der Waals surface area contributed by atoms with Crippen LogP contribution in [0.15, 0.2) is 24.3 Å². The molecule has 0 radical (unpaired) electrons. The van der Waals surface area contributed by atoms with Crippen LogP contribution in [0.2, 0.25) is 0 Å². The highest BCUT2D eigenvalue weighted by Gasteiger charge is 2.37. The largest absolute Gasteiger partial charge is 0.436 e. The predicted octanol–water partition coefficient (Wildman–Crippen LogP) is 3.16. The van der Waals surface area contributed by atoms with E-state index in [0.717, 1.165) is 12.0 Å². The molecule has 1 aliphatic rings. The van der Waals surface area contributed by atoms with E-state index in [0.29, 0.717) is 12.5 Å². The van der Waals surface area contributed by atoms with Crippen LogP contribution >= 0.6 is 0 Å². The third-order valence-electron chi connectivity index (χ3n) is 3.59. The Hall–Kier alpha value is -1.51. The quantitative estimate of drug-likeness (QED) is 0.871. The van der Waals surface area contributed by atoms with Gasteiger partial charge in [-0.2, -0.15) is 0 Å². The molecule has 17 heavy (non-hydrogen) atoms. The van der Waals surface area contributed by atoms with Gasteiger partial charge in [0.15, 0.2) is 5.60 Å². The molecule has 2 atom stereocenters. The monoisotopic (exact) mass is 233 g/mol. The second-order valence-corrected chi connectivity index (χ2v) is 4.91. The third-order valence-corrected chi connectivity index (χ3v) is 3.59. The number of benzene rings is 1. The van der Waals surface area contributed by atoms with Crippen LogP contribution in [0.25, 0.3) is 0 Å². The van der Waals surface area contributed by atoms with E-state index in [1.165, 1.54) is 5.56 Å². The Morgan fingerprint density at radius 2 is 2.06 bits per heavy atom. The number of nitrogens with one attached hydrogen (secondary N) is 1. The highest BCUT2D eigenvalue weighted by Crippen LogP contribution is 2.29. The van der Waals surface area contributed by atoms with Gasteiger partial charge in [-0.1, -0.05) is 38.1 Å². The highest BCUT2D eigenvalue weighted by molar-refractivity contribution is 5.70. The zero-order valence-corrected chi connectivity index (χ0v) is 10.6. The van der Waals surface area contributed by atoms with Gasteiger partial charge in [0.1, 0.15) is 0 Å². The molecule has 1 aromatic carbocycles. The molecule has 0 bridgehead atoms. The number of amides is 1. The van der Waals surface area contributed by atoms with Crippen molar-refractivity contribution in [1.29, 1.82) is 0 Å². The number of ether oxygens (including phenoxy) is 1. The summed E-state index contributed by atoms with van der Waals surface area (Å²) in [5.41, 5.74) is 1.85. The van der Waals surface area contributed by atoms with Crippen molar-refractivity contribution in [3.63, 3.8) is 0 Å². The Bertz CT molecular complexity index is 413. The van der Waals surface area contributed by atoms with Gasteiger partial charge in [0.25, 0.3) is 0 Å². The molecular weight excluding hydrogens is 214 g/mol. The van der Waals surface area contributed by atoms with Crippen molar-refractivity contribution in [1.82, 2.24) is 5.32 Å². The van der Waals surface area contributed by atoms with Crippen molar-refractivity contribution in [2.24, 2.45) is 0 Å².